The Kier molecular flexibility index (Phi) is 4.32. The molecule has 0 aliphatic heterocycles. The lowest BCUT2D eigenvalue weighted by Crippen LogP contribution is -2.17. The summed E-state index contributed by atoms with van der Waals surface area (Å²) in [6, 6.07) is 5.95. The standard InChI is InChI=1S/C16H18N4OS2/c1-5-20-12(8-9(2)19-20)15(21)18-16-17-14(11(4)23-16)13-7-6-10(3)22-13/h6-8H,5H2,1-4H3,(H,17,18,21). The second-order valence-electron chi connectivity index (χ2n) is 5.27. The third-order valence-electron chi connectivity index (χ3n) is 3.43. The van der Waals surface area contributed by atoms with Crippen molar-refractivity contribution in [2.24, 2.45) is 0 Å². The third kappa shape index (κ3) is 3.20. The van der Waals surface area contributed by atoms with Crippen LogP contribution in [0.5, 0.6) is 0 Å². The SMILES string of the molecule is CCn1nc(C)cc1C(=O)Nc1nc(-c2ccc(C)s2)c(C)s1. The third-order valence-corrected chi connectivity index (χ3v) is 5.32. The lowest BCUT2D eigenvalue weighted by atomic mass is 10.3. The number of nitrogens with zero attached hydrogens (tertiary/aromatic N) is 3. The molecule has 0 fully saturated rings. The molecule has 0 saturated carbocycles. The number of hydrogen-bond donors (Lipinski definition) is 1. The molecular formula is C16H18N4OS2. The molecule has 7 heteroatoms. The van der Waals surface area contributed by atoms with Gasteiger partial charge in [0.25, 0.3) is 5.91 Å². The van der Waals surface area contributed by atoms with Gasteiger partial charge in [0, 0.05) is 16.3 Å². The quantitative estimate of drug-likeness (QED) is 0.767. The summed E-state index contributed by atoms with van der Waals surface area (Å²) in [7, 11) is 0. The largest absolute Gasteiger partial charge is 0.296 e. The van der Waals surface area contributed by atoms with Crippen LogP contribution in [0.3, 0.4) is 0 Å². The summed E-state index contributed by atoms with van der Waals surface area (Å²) in [4.78, 5) is 20.5. The van der Waals surface area contributed by atoms with Crippen LogP contribution >= 0.6 is 22.7 Å². The molecule has 0 atom stereocenters. The number of thiophene rings is 1. The molecule has 3 heterocycles. The van der Waals surface area contributed by atoms with Crippen LogP contribution in [0, 0.1) is 20.8 Å². The normalized spacial score (nSPS) is 11.0. The van der Waals surface area contributed by atoms with Crippen molar-refractivity contribution in [1.82, 2.24) is 14.8 Å². The zero-order chi connectivity index (χ0) is 16.6. The van der Waals surface area contributed by atoms with Gasteiger partial charge in [0.1, 0.15) is 5.69 Å². The van der Waals surface area contributed by atoms with E-state index in [-0.39, 0.29) is 5.91 Å². The van der Waals surface area contributed by atoms with Gasteiger partial charge in [-0.25, -0.2) is 4.98 Å². The first kappa shape index (κ1) is 15.9. The Hall–Kier alpha value is -1.99. The zero-order valence-corrected chi connectivity index (χ0v) is 15.1. The van der Waals surface area contributed by atoms with Crippen LogP contribution in [0.15, 0.2) is 18.2 Å². The number of carbonyl (C=O) groups is 1. The van der Waals surface area contributed by atoms with E-state index >= 15 is 0 Å². The van der Waals surface area contributed by atoms with E-state index in [0.29, 0.717) is 17.4 Å². The van der Waals surface area contributed by atoms with Gasteiger partial charge >= 0.3 is 0 Å². The summed E-state index contributed by atoms with van der Waals surface area (Å²) in [5, 5.41) is 7.82. The van der Waals surface area contributed by atoms with Crippen molar-refractivity contribution in [2.75, 3.05) is 5.32 Å². The highest BCUT2D eigenvalue weighted by molar-refractivity contribution is 7.18. The molecule has 0 aliphatic rings. The van der Waals surface area contributed by atoms with Crippen LogP contribution in [0.25, 0.3) is 10.6 Å². The highest BCUT2D eigenvalue weighted by atomic mass is 32.1. The summed E-state index contributed by atoms with van der Waals surface area (Å²) < 4.78 is 1.70. The number of rotatable bonds is 4. The Morgan fingerprint density at radius 1 is 1.26 bits per heavy atom. The first-order valence-corrected chi connectivity index (χ1v) is 9.01. The highest BCUT2D eigenvalue weighted by Gasteiger charge is 2.17. The molecule has 0 unspecified atom stereocenters. The predicted octanol–water partition coefficient (Wildman–Crippen LogP) is 4.27. The van der Waals surface area contributed by atoms with Crippen LogP contribution in [-0.4, -0.2) is 20.7 Å². The second-order valence-corrected chi connectivity index (χ2v) is 7.77. The maximum atomic E-state index is 12.5. The molecule has 0 bridgehead atoms. The van der Waals surface area contributed by atoms with Crippen molar-refractivity contribution < 1.29 is 4.79 Å². The van der Waals surface area contributed by atoms with Gasteiger partial charge in [0.2, 0.25) is 0 Å². The molecular weight excluding hydrogens is 328 g/mol. The van der Waals surface area contributed by atoms with E-state index in [1.54, 1.807) is 22.1 Å². The highest BCUT2D eigenvalue weighted by Crippen LogP contribution is 2.34. The van der Waals surface area contributed by atoms with E-state index in [1.807, 2.05) is 20.8 Å². The summed E-state index contributed by atoms with van der Waals surface area (Å²) in [5.41, 5.74) is 2.34. The van der Waals surface area contributed by atoms with Crippen molar-refractivity contribution in [3.8, 4) is 10.6 Å². The van der Waals surface area contributed by atoms with Crippen molar-refractivity contribution in [2.45, 2.75) is 34.2 Å². The molecule has 3 aromatic rings. The minimum absolute atomic E-state index is 0.171. The molecule has 0 saturated heterocycles. The Morgan fingerprint density at radius 2 is 2.04 bits per heavy atom. The van der Waals surface area contributed by atoms with Crippen LogP contribution in [0.1, 0.15) is 32.9 Å². The van der Waals surface area contributed by atoms with Gasteiger partial charge in [-0.2, -0.15) is 5.10 Å². The molecule has 23 heavy (non-hydrogen) atoms. The molecule has 0 radical (unpaired) electrons. The average Bonchev–Trinajstić information content (AvgIpc) is 3.18. The lowest BCUT2D eigenvalue weighted by Gasteiger charge is -2.03. The van der Waals surface area contributed by atoms with E-state index in [2.05, 4.69) is 34.5 Å². The monoisotopic (exact) mass is 346 g/mol. The molecule has 1 amide bonds. The fourth-order valence-electron chi connectivity index (χ4n) is 2.37. The van der Waals surface area contributed by atoms with Crippen LogP contribution in [0.4, 0.5) is 5.13 Å². The van der Waals surface area contributed by atoms with Crippen molar-refractivity contribution >= 4 is 33.7 Å². The van der Waals surface area contributed by atoms with Gasteiger partial charge in [-0.15, -0.1) is 22.7 Å². The molecule has 5 nitrogen and oxygen atoms in total. The number of anilines is 1. The first-order valence-electron chi connectivity index (χ1n) is 7.38. The number of amides is 1. The Morgan fingerprint density at radius 3 is 2.70 bits per heavy atom. The fourth-order valence-corrected chi connectivity index (χ4v) is 4.17. The topological polar surface area (TPSA) is 59.8 Å². The number of carbonyl (C=O) groups excluding carboxylic acids is 1. The smallest absolute Gasteiger partial charge is 0.275 e. The summed E-state index contributed by atoms with van der Waals surface area (Å²) in [6.45, 7) is 8.61. The number of aromatic nitrogens is 3. The number of hydrogen-bond acceptors (Lipinski definition) is 5. The Bertz CT molecular complexity index is 859. The fraction of sp³-hybridized carbons (Fsp3) is 0.312. The van der Waals surface area contributed by atoms with Gasteiger partial charge in [0.15, 0.2) is 5.13 Å². The number of thiazole rings is 1. The molecule has 1 N–H and O–H groups in total. The van der Waals surface area contributed by atoms with Crippen molar-refractivity contribution in [3.63, 3.8) is 0 Å². The van der Waals surface area contributed by atoms with Gasteiger partial charge < -0.3 is 0 Å². The molecule has 120 valence electrons. The molecule has 0 aromatic carbocycles. The number of aryl methyl sites for hydroxylation is 4. The maximum Gasteiger partial charge on any atom is 0.275 e. The van der Waals surface area contributed by atoms with E-state index in [4.69, 9.17) is 0 Å². The summed E-state index contributed by atoms with van der Waals surface area (Å²) >= 11 is 3.21. The first-order chi connectivity index (χ1) is 11.0. The second kappa shape index (κ2) is 6.25. The van der Waals surface area contributed by atoms with Crippen LogP contribution in [0.2, 0.25) is 0 Å². The molecule has 3 rings (SSSR count). The van der Waals surface area contributed by atoms with E-state index < -0.39 is 0 Å². The van der Waals surface area contributed by atoms with Crippen molar-refractivity contribution in [3.05, 3.63) is 39.3 Å². The van der Waals surface area contributed by atoms with Crippen LogP contribution < -0.4 is 5.32 Å². The Labute approximate surface area is 143 Å². The van der Waals surface area contributed by atoms with E-state index in [9.17, 15) is 4.79 Å². The van der Waals surface area contributed by atoms with Crippen molar-refractivity contribution in [1.29, 1.82) is 0 Å². The minimum atomic E-state index is -0.171. The van der Waals surface area contributed by atoms with Gasteiger partial charge in [-0.1, -0.05) is 0 Å². The summed E-state index contributed by atoms with van der Waals surface area (Å²) in [6.07, 6.45) is 0. The minimum Gasteiger partial charge on any atom is -0.296 e. The maximum absolute atomic E-state index is 12.5. The lowest BCUT2D eigenvalue weighted by molar-refractivity contribution is 0.101. The summed E-state index contributed by atoms with van der Waals surface area (Å²) in [5.74, 6) is -0.171. The zero-order valence-electron chi connectivity index (χ0n) is 13.5. The van der Waals surface area contributed by atoms with E-state index in [0.717, 1.165) is 21.1 Å². The van der Waals surface area contributed by atoms with Crippen LogP contribution in [-0.2, 0) is 6.54 Å². The van der Waals surface area contributed by atoms with Gasteiger partial charge in [-0.05, 0) is 45.9 Å². The molecule has 0 aliphatic carbocycles. The predicted molar refractivity (Wildman–Crippen MR) is 95.5 cm³/mol. The molecule has 3 aromatic heterocycles. The van der Waals surface area contributed by atoms with Gasteiger partial charge in [0.05, 0.1) is 16.3 Å². The molecule has 0 spiro atoms. The Balaban J connectivity index is 1.84. The number of nitrogens with one attached hydrogen (secondary N) is 1. The average molecular weight is 346 g/mol. The van der Waals surface area contributed by atoms with Gasteiger partial charge in [-0.3, -0.25) is 14.8 Å². The van der Waals surface area contributed by atoms with E-state index in [1.165, 1.54) is 16.2 Å².